The van der Waals surface area contributed by atoms with Crippen LogP contribution in [0.2, 0.25) is 0 Å². The van der Waals surface area contributed by atoms with Crippen LogP contribution in [0.25, 0.3) is 5.70 Å². The Hall–Kier alpha value is -2.07. The van der Waals surface area contributed by atoms with Gasteiger partial charge in [-0.1, -0.05) is 36.7 Å². The molecule has 9 heteroatoms. The number of rotatable bonds is 11. The molecule has 4 rings (SSSR count). The fraction of sp³-hybridized carbons (Fsp3) is 0.440. The first-order valence-corrected chi connectivity index (χ1v) is 14.2. The molecule has 2 aromatic carbocycles. The summed E-state index contributed by atoms with van der Waals surface area (Å²) in [6, 6.07) is 13.5. The number of hydrogen-bond donors (Lipinski definition) is 2. The highest BCUT2D eigenvalue weighted by molar-refractivity contribution is 8.03. The van der Waals surface area contributed by atoms with E-state index in [9.17, 15) is 12.8 Å². The van der Waals surface area contributed by atoms with Crippen molar-refractivity contribution in [1.82, 2.24) is 9.21 Å². The minimum absolute atomic E-state index is 0.0497. The molecule has 1 fully saturated rings. The second kappa shape index (κ2) is 11.6. The van der Waals surface area contributed by atoms with E-state index >= 15 is 0 Å². The summed E-state index contributed by atoms with van der Waals surface area (Å²) < 4.78 is 40.7. The van der Waals surface area contributed by atoms with Gasteiger partial charge in [-0.25, -0.2) is 12.8 Å². The maximum atomic E-state index is 13.3. The van der Waals surface area contributed by atoms with Crippen LogP contribution in [0.4, 0.5) is 10.1 Å². The van der Waals surface area contributed by atoms with Crippen molar-refractivity contribution in [3.63, 3.8) is 0 Å². The molecule has 2 N–H and O–H groups in total. The Morgan fingerprint density at radius 2 is 1.65 bits per heavy atom. The minimum atomic E-state index is -3.44. The third kappa shape index (κ3) is 5.94. The predicted octanol–water partition coefficient (Wildman–Crippen LogP) is 4.91. The van der Waals surface area contributed by atoms with Crippen LogP contribution in [0.15, 0.2) is 58.8 Å². The molecule has 2 aliphatic heterocycles. The van der Waals surface area contributed by atoms with E-state index in [1.165, 1.54) is 12.1 Å². The first kappa shape index (κ1) is 25.0. The van der Waals surface area contributed by atoms with Crippen LogP contribution in [-0.4, -0.2) is 54.5 Å². The predicted molar refractivity (Wildman–Crippen MR) is 136 cm³/mol. The molecule has 0 saturated carbocycles. The summed E-state index contributed by atoms with van der Waals surface area (Å²) in [5.41, 5.74) is 2.79. The van der Waals surface area contributed by atoms with Gasteiger partial charge in [0.1, 0.15) is 5.82 Å². The third-order valence-electron chi connectivity index (χ3n) is 6.20. The van der Waals surface area contributed by atoms with Crippen LogP contribution in [0.1, 0.15) is 44.1 Å². The molecule has 0 aliphatic carbocycles. The lowest BCUT2D eigenvalue weighted by atomic mass is 10.1. The average molecular weight is 506 g/mol. The highest BCUT2D eigenvalue weighted by atomic mass is 32.2. The van der Waals surface area contributed by atoms with E-state index in [0.29, 0.717) is 18.0 Å². The number of benzene rings is 2. The number of thioether (sulfide) groups is 1. The van der Waals surface area contributed by atoms with Gasteiger partial charge in [0.2, 0.25) is 10.0 Å². The highest BCUT2D eigenvalue weighted by Crippen LogP contribution is 2.38. The lowest BCUT2D eigenvalue weighted by Gasteiger charge is -2.30. The van der Waals surface area contributed by atoms with Gasteiger partial charge >= 0.3 is 0 Å². The van der Waals surface area contributed by atoms with Crippen LogP contribution >= 0.6 is 11.8 Å². The number of halogens is 1. The molecule has 2 aromatic rings. The summed E-state index contributed by atoms with van der Waals surface area (Å²) >= 11 is 1.64. The molecule has 1 unspecified atom stereocenters. The van der Waals surface area contributed by atoms with Gasteiger partial charge in [-0.05, 0) is 73.1 Å². The lowest BCUT2D eigenvalue weighted by Crippen LogP contribution is -2.34. The van der Waals surface area contributed by atoms with Crippen molar-refractivity contribution in [2.45, 2.75) is 48.9 Å². The van der Waals surface area contributed by atoms with Gasteiger partial charge in [0, 0.05) is 31.9 Å². The molecule has 6 nitrogen and oxygen atoms in total. The van der Waals surface area contributed by atoms with Gasteiger partial charge in [0.25, 0.3) is 0 Å². The van der Waals surface area contributed by atoms with E-state index in [0.717, 1.165) is 62.0 Å². The number of aliphatic hydroxyl groups excluding tert-OH is 1. The van der Waals surface area contributed by atoms with Crippen molar-refractivity contribution in [2.24, 2.45) is 0 Å². The molecular weight excluding hydrogens is 473 g/mol. The topological polar surface area (TPSA) is 72.9 Å². The van der Waals surface area contributed by atoms with Gasteiger partial charge in [-0.3, -0.25) is 0 Å². The molecule has 1 saturated heterocycles. The van der Waals surface area contributed by atoms with Gasteiger partial charge in [-0.15, -0.1) is 0 Å². The summed E-state index contributed by atoms with van der Waals surface area (Å²) in [5.74, 6) is -0.270. The Kier molecular flexibility index (Phi) is 8.52. The Labute approximate surface area is 205 Å². The maximum absolute atomic E-state index is 13.3. The number of unbranched alkanes of at least 4 members (excludes halogenated alkanes) is 3. The zero-order valence-corrected chi connectivity index (χ0v) is 20.8. The second-order valence-electron chi connectivity index (χ2n) is 8.61. The fourth-order valence-electron chi connectivity index (χ4n) is 4.29. The zero-order chi connectivity index (χ0) is 24.0. The van der Waals surface area contributed by atoms with Crippen molar-refractivity contribution in [3.8, 4) is 0 Å². The zero-order valence-electron chi connectivity index (χ0n) is 19.2. The average Bonchev–Trinajstić information content (AvgIpc) is 3.52. The van der Waals surface area contributed by atoms with Crippen molar-refractivity contribution in [3.05, 3.63) is 65.3 Å². The highest BCUT2D eigenvalue weighted by Gasteiger charge is 2.29. The van der Waals surface area contributed by atoms with E-state index in [1.807, 2.05) is 12.1 Å². The summed E-state index contributed by atoms with van der Waals surface area (Å²) in [4.78, 5) is 2.61. The van der Waals surface area contributed by atoms with Gasteiger partial charge in [0.05, 0.1) is 10.6 Å². The van der Waals surface area contributed by atoms with Crippen LogP contribution in [-0.2, 0) is 10.0 Å². The first-order chi connectivity index (χ1) is 16.5. The van der Waals surface area contributed by atoms with E-state index in [1.54, 1.807) is 40.3 Å². The van der Waals surface area contributed by atoms with E-state index in [2.05, 4.69) is 15.6 Å². The van der Waals surface area contributed by atoms with Crippen molar-refractivity contribution < 1.29 is 17.9 Å². The van der Waals surface area contributed by atoms with Crippen LogP contribution in [0.3, 0.4) is 0 Å². The quantitative estimate of drug-likeness (QED) is 0.423. The molecule has 0 amide bonds. The smallest absolute Gasteiger partial charge is 0.243 e. The molecular formula is C25H32FN3O3S2. The van der Waals surface area contributed by atoms with Crippen molar-refractivity contribution >= 4 is 33.2 Å². The molecule has 0 spiro atoms. The number of sulfonamides is 1. The van der Waals surface area contributed by atoms with Gasteiger partial charge < -0.3 is 15.3 Å². The summed E-state index contributed by atoms with van der Waals surface area (Å²) in [6.45, 7) is 2.21. The summed E-state index contributed by atoms with van der Waals surface area (Å²) in [5, 5.41) is 14.6. The van der Waals surface area contributed by atoms with Crippen LogP contribution < -0.4 is 5.32 Å². The number of nitrogens with one attached hydrogen (secondary N) is 1. The Morgan fingerprint density at radius 3 is 2.32 bits per heavy atom. The Morgan fingerprint density at radius 1 is 0.971 bits per heavy atom. The molecule has 0 bridgehead atoms. The van der Waals surface area contributed by atoms with E-state index in [4.69, 9.17) is 5.11 Å². The fourth-order valence-corrected chi connectivity index (χ4v) is 6.91. The largest absolute Gasteiger partial charge is 0.396 e. The molecule has 2 aliphatic rings. The normalized spacial score (nSPS) is 18.9. The molecule has 1 atom stereocenters. The van der Waals surface area contributed by atoms with E-state index < -0.39 is 10.0 Å². The summed E-state index contributed by atoms with van der Waals surface area (Å²) in [7, 11) is -3.44. The number of anilines is 1. The SMILES string of the molecule is O=S(=O)(c1ccc(C2=CSC(Nc3ccc(F)cc3)N2CCCCCCO)cc1)N1CCCC1. The van der Waals surface area contributed by atoms with Crippen molar-refractivity contribution in [2.75, 3.05) is 31.6 Å². The molecule has 2 heterocycles. The number of hydrogen-bond acceptors (Lipinski definition) is 6. The minimum Gasteiger partial charge on any atom is -0.396 e. The molecule has 0 aromatic heterocycles. The lowest BCUT2D eigenvalue weighted by molar-refractivity contribution is 0.280. The number of nitrogens with zero attached hydrogens (tertiary/aromatic N) is 2. The van der Waals surface area contributed by atoms with Crippen LogP contribution in [0, 0.1) is 5.82 Å². The Balaban J connectivity index is 1.49. The molecule has 184 valence electrons. The van der Waals surface area contributed by atoms with Crippen molar-refractivity contribution in [1.29, 1.82) is 0 Å². The van der Waals surface area contributed by atoms with Gasteiger partial charge in [-0.2, -0.15) is 4.31 Å². The standard InChI is InChI=1S/C25H32FN3O3S2/c26-21-9-11-22(12-10-21)27-25-29(17-3-1-2-6-18-30)24(19-33-25)20-7-13-23(14-8-20)34(31,32)28-15-4-5-16-28/h7-14,19,25,27,30H,1-6,15-18H2. The second-order valence-corrected chi connectivity index (χ2v) is 11.5. The summed E-state index contributed by atoms with van der Waals surface area (Å²) in [6.07, 6.45) is 5.61. The van der Waals surface area contributed by atoms with E-state index in [-0.39, 0.29) is 17.9 Å². The number of aliphatic hydroxyl groups is 1. The van der Waals surface area contributed by atoms with Gasteiger partial charge in [0.15, 0.2) is 5.50 Å². The first-order valence-electron chi connectivity index (χ1n) is 11.8. The maximum Gasteiger partial charge on any atom is 0.243 e. The van der Waals surface area contributed by atoms with Crippen LogP contribution in [0.5, 0.6) is 0 Å². The third-order valence-corrected chi connectivity index (χ3v) is 9.10. The monoisotopic (exact) mass is 505 g/mol. The Bertz CT molecular complexity index is 1070. The molecule has 0 radical (unpaired) electrons. The molecule has 34 heavy (non-hydrogen) atoms.